The number of hydroxylamine groups is 6. The van der Waals surface area contributed by atoms with Gasteiger partial charge in [-0.3, -0.25) is 82.7 Å². The molecule has 0 aromatic heterocycles. The minimum atomic E-state index is -1.84. The van der Waals surface area contributed by atoms with Crippen molar-refractivity contribution >= 4 is 82.8 Å². The normalized spacial score (nSPS) is 21.5. The van der Waals surface area contributed by atoms with Crippen LogP contribution in [0.2, 0.25) is 0 Å². The van der Waals surface area contributed by atoms with Crippen molar-refractivity contribution in [2.45, 2.75) is 161 Å². The maximum atomic E-state index is 14.0. The van der Waals surface area contributed by atoms with Crippen LogP contribution in [0.5, 0.6) is 0 Å². The van der Waals surface area contributed by atoms with Crippen LogP contribution in [0, 0.1) is 5.92 Å². The number of nitrogens with one attached hydrogen (secondary N) is 10. The number of unbranched alkanes of at least 4 members (excludes halogenated alkanes) is 4. The summed E-state index contributed by atoms with van der Waals surface area (Å²) < 4.78 is 5.28. The van der Waals surface area contributed by atoms with Crippen LogP contribution in [-0.2, 0) is 88.9 Å². The van der Waals surface area contributed by atoms with E-state index in [9.17, 15) is 93.0 Å². The number of allylic oxidation sites excluding steroid dienone is 1. The molecule has 1 aliphatic rings. The van der Waals surface area contributed by atoms with Crippen LogP contribution in [0.25, 0.3) is 0 Å². The molecule has 0 aromatic rings. The van der Waals surface area contributed by atoms with Crippen molar-refractivity contribution in [2.24, 2.45) is 5.92 Å². The summed E-state index contributed by atoms with van der Waals surface area (Å²) in [7, 11) is 0. The molecule has 1 saturated heterocycles. The Morgan fingerprint density at radius 2 is 0.953 bits per heavy atom. The summed E-state index contributed by atoms with van der Waals surface area (Å²) in [5, 5.41) is 74.2. The number of cyclic esters (lactones) is 1. The smallest absolute Gasteiger partial charge is 0.325 e. The zero-order chi connectivity index (χ0) is 63.5. The molecular weight excluding hydrogens is 1170 g/mol. The molecule has 33 nitrogen and oxygen atoms in total. The first-order valence-corrected chi connectivity index (χ1v) is 27.5. The largest absolute Gasteiger partial charge is 0.462 e. The maximum absolute atomic E-state index is 14.0. The van der Waals surface area contributed by atoms with Gasteiger partial charge in [0.05, 0.1) is 26.3 Å². The van der Waals surface area contributed by atoms with Crippen LogP contribution in [-0.4, -0.2) is 225 Å². The van der Waals surface area contributed by atoms with Crippen LogP contribution in [0.3, 0.4) is 0 Å². The van der Waals surface area contributed by atoms with E-state index < -0.39 is 170 Å². The van der Waals surface area contributed by atoms with Crippen molar-refractivity contribution in [3.05, 3.63) is 12.2 Å². The van der Waals surface area contributed by atoms with Gasteiger partial charge in [-0.05, 0) is 57.3 Å². The summed E-state index contributed by atoms with van der Waals surface area (Å²) in [5.74, 6) is -14.8. The van der Waals surface area contributed by atoms with E-state index in [0.717, 1.165) is 46.5 Å². The van der Waals surface area contributed by atoms with E-state index in [2.05, 4.69) is 60.1 Å². The number of amides is 13. The molecule has 1 aliphatic heterocycles. The minimum absolute atomic E-state index is 0. The Kier molecular flexibility index (Phi) is 38.8. The van der Waals surface area contributed by atoms with Gasteiger partial charge in [-0.25, -0.2) is 15.2 Å². The number of nitrogens with zero attached hydrogens (tertiary/aromatic N) is 3. The van der Waals surface area contributed by atoms with E-state index in [0.29, 0.717) is 21.6 Å². The van der Waals surface area contributed by atoms with Crippen molar-refractivity contribution in [2.75, 3.05) is 59.1 Å². The molecule has 0 bridgehead atoms. The molecule has 13 amide bonds. The van der Waals surface area contributed by atoms with E-state index in [4.69, 9.17) is 4.74 Å². The van der Waals surface area contributed by atoms with Crippen molar-refractivity contribution in [3.63, 3.8) is 0 Å². The summed E-state index contributed by atoms with van der Waals surface area (Å²) in [6.45, 7) is 1.27. The molecule has 0 aliphatic carbocycles. The van der Waals surface area contributed by atoms with Gasteiger partial charge in [0.1, 0.15) is 55.4 Å². The second-order valence-corrected chi connectivity index (χ2v) is 19.9. The Balaban J connectivity index is 0.0000706. The Bertz CT molecular complexity index is 2300. The van der Waals surface area contributed by atoms with Crippen LogP contribution >= 0.6 is 0 Å². The number of carbonyl (C=O) groups is 14. The summed E-state index contributed by atoms with van der Waals surface area (Å²) in [5.41, 5.74) is 0. The summed E-state index contributed by atoms with van der Waals surface area (Å²) in [4.78, 5) is 184. The van der Waals surface area contributed by atoms with Gasteiger partial charge in [0, 0.05) is 63.9 Å². The Morgan fingerprint density at radius 1 is 0.541 bits per heavy atom. The van der Waals surface area contributed by atoms with E-state index in [1.165, 1.54) is 13.8 Å². The molecule has 0 aromatic carbocycles. The number of hydrogen-bond donors (Lipinski definition) is 15. The number of ether oxygens (including phenoxy) is 1. The summed E-state index contributed by atoms with van der Waals surface area (Å²) >= 11 is 0. The fourth-order valence-corrected chi connectivity index (χ4v) is 7.61. The van der Waals surface area contributed by atoms with Gasteiger partial charge in [0.25, 0.3) is 0 Å². The van der Waals surface area contributed by atoms with E-state index >= 15 is 0 Å². The number of aliphatic hydroxyl groups excluding tert-OH is 2. The molecule has 1 heterocycles. The third-order valence-electron chi connectivity index (χ3n) is 12.5. The number of hydrogen-bond acceptors (Lipinski definition) is 20. The molecular formula is C51H85FeN13O20. The third-order valence-corrected chi connectivity index (χ3v) is 12.5. The fraction of sp³-hybridized carbons (Fsp3) is 0.686. The van der Waals surface area contributed by atoms with Gasteiger partial charge in [-0.15, -0.1) is 0 Å². The molecule has 0 radical (unpaired) electrons. The average Bonchev–Trinajstić information content (AvgIpc) is 3.57. The van der Waals surface area contributed by atoms with E-state index in [1.807, 2.05) is 0 Å². The molecule has 85 heavy (non-hydrogen) atoms. The molecule has 15 N–H and O–H groups in total. The zero-order valence-electron chi connectivity index (χ0n) is 48.7. The third kappa shape index (κ3) is 31.9. The molecule has 1 fully saturated rings. The van der Waals surface area contributed by atoms with Crippen LogP contribution in [0.15, 0.2) is 12.2 Å². The van der Waals surface area contributed by atoms with Crippen molar-refractivity contribution in [1.82, 2.24) is 68.4 Å². The number of esters is 1. The van der Waals surface area contributed by atoms with Crippen LogP contribution in [0.4, 0.5) is 0 Å². The number of carbonyl (C=O) groups excluding carboxylic acids is 14. The van der Waals surface area contributed by atoms with Crippen LogP contribution < -0.4 is 53.2 Å². The van der Waals surface area contributed by atoms with Gasteiger partial charge < -0.3 is 68.1 Å². The number of rotatable bonds is 23. The SMILES string of the molecule is CCCCCC/C=C/CC(=O)N[C@@H]1COC(=O)CNC(=O)C(CCCN(O)C(C)=O)NC(=O)CNC(=O)[C@@H](CO)NC(=O)C(CCCN(O)C(C)=O)NC(=O)[C@H](CO)NC(=O)[C@@H](C(C)C)NC(=O)CNC(=O)C(CCCN(O)C(C)=O)NC1=O.[Fe]. The van der Waals surface area contributed by atoms with Gasteiger partial charge >= 0.3 is 5.97 Å². The van der Waals surface area contributed by atoms with Crippen molar-refractivity contribution in [3.8, 4) is 0 Å². The van der Waals surface area contributed by atoms with Crippen molar-refractivity contribution < 1.29 is 115 Å². The molecule has 3 unspecified atom stereocenters. The monoisotopic (exact) mass is 1260 g/mol. The first-order valence-electron chi connectivity index (χ1n) is 27.5. The predicted molar refractivity (Wildman–Crippen MR) is 290 cm³/mol. The topological polar surface area (TPSA) is 479 Å². The Labute approximate surface area is 502 Å². The molecule has 0 saturated carbocycles. The molecule has 34 heteroatoms. The molecule has 1 rings (SSSR count). The fourth-order valence-electron chi connectivity index (χ4n) is 7.61. The molecule has 7 atom stereocenters. The zero-order valence-corrected chi connectivity index (χ0v) is 49.8. The predicted octanol–water partition coefficient (Wildman–Crippen LogP) is -5.11. The molecule has 482 valence electrons. The van der Waals surface area contributed by atoms with Crippen molar-refractivity contribution in [1.29, 1.82) is 0 Å². The first-order chi connectivity index (χ1) is 39.6. The van der Waals surface area contributed by atoms with Gasteiger partial charge in [-0.2, -0.15) is 0 Å². The Morgan fingerprint density at radius 3 is 1.44 bits per heavy atom. The molecule has 0 spiro atoms. The van der Waals surface area contributed by atoms with Gasteiger partial charge in [0.15, 0.2) is 0 Å². The standard InChI is InChI=1S/C51H85N13O20.Fe/c1-7-8-9-10-11-12-13-20-40(70)56-39-29-84-43(73)26-54-45(74)34(17-14-21-62(81)31(4)67)55-41(71)24-53-47(76)37(27-65)59-48(77)36(19-16-23-64(83)33(6)69)58-49(78)38(28-66)60-51(80)44(30(2)3)61-42(72)25-52-46(75)35(57-50(39)79)18-15-22-63(82)32(5)68;/h12-13,30,34-39,44,65-66,81-83H,7-11,14-29H2,1-6H3,(H,52,75)(H,53,76)(H,54,74)(H,55,71)(H,56,70)(H,57,79)(H,58,78)(H,59,77)(H,60,80)(H,61,72);/b13-12+;/t34?,35?,36?,37-,38+,39-,44-;/m1./s1. The average molecular weight is 1260 g/mol. The van der Waals surface area contributed by atoms with E-state index in [1.54, 1.807) is 12.2 Å². The van der Waals surface area contributed by atoms with Gasteiger partial charge in [-0.1, -0.05) is 52.2 Å². The summed E-state index contributed by atoms with van der Waals surface area (Å²) in [6.07, 6.45) is 6.09. The van der Waals surface area contributed by atoms with Crippen LogP contribution in [0.1, 0.15) is 119 Å². The Hall–Kier alpha value is -7.36. The summed E-state index contributed by atoms with van der Waals surface area (Å²) in [6, 6.07) is -11.7. The van der Waals surface area contributed by atoms with E-state index in [-0.39, 0.29) is 81.6 Å². The second kappa shape index (κ2) is 42.4. The second-order valence-electron chi connectivity index (χ2n) is 19.9. The minimum Gasteiger partial charge on any atom is -0.462 e. The van der Waals surface area contributed by atoms with Gasteiger partial charge in [0.2, 0.25) is 76.8 Å². The first kappa shape index (κ1) is 77.6. The quantitative estimate of drug-likeness (QED) is 0.0114. The number of aliphatic hydroxyl groups is 2. The maximum Gasteiger partial charge on any atom is 0.325 e.